The van der Waals surface area contributed by atoms with E-state index in [2.05, 4.69) is 16.4 Å². The number of anilines is 1. The number of nitrogens with one attached hydrogen (secondary N) is 1. The minimum atomic E-state index is -0.350. The fourth-order valence-electron chi connectivity index (χ4n) is 1.28. The number of aromatic nitrogens is 1. The Kier molecular flexibility index (Phi) is 2.33. The van der Waals surface area contributed by atoms with E-state index in [1.807, 2.05) is 18.2 Å². The molecule has 1 aliphatic heterocycles. The minimum absolute atomic E-state index is 0.350. The van der Waals surface area contributed by atoms with E-state index in [1.54, 1.807) is 6.20 Å². The molecule has 1 N–H and O–H groups in total. The van der Waals surface area contributed by atoms with Crippen molar-refractivity contribution in [3.8, 4) is 6.07 Å². The molecule has 14 heavy (non-hydrogen) atoms. The SMILES string of the molecule is N#CC1(CNc2ccccn2)COC1. The molecule has 0 unspecified atom stereocenters. The second kappa shape index (κ2) is 3.64. The zero-order valence-corrected chi connectivity index (χ0v) is 7.73. The van der Waals surface area contributed by atoms with Crippen molar-refractivity contribution in [3.05, 3.63) is 24.4 Å². The zero-order chi connectivity index (χ0) is 9.86. The summed E-state index contributed by atoms with van der Waals surface area (Å²) in [5, 5.41) is 12.0. The van der Waals surface area contributed by atoms with E-state index in [1.165, 1.54) is 0 Å². The fourth-order valence-corrected chi connectivity index (χ4v) is 1.28. The monoisotopic (exact) mass is 189 g/mol. The van der Waals surface area contributed by atoms with Crippen molar-refractivity contribution in [1.29, 1.82) is 5.26 Å². The van der Waals surface area contributed by atoms with Crippen molar-refractivity contribution in [2.24, 2.45) is 5.41 Å². The molecule has 72 valence electrons. The first-order valence-corrected chi connectivity index (χ1v) is 4.49. The molecule has 0 radical (unpaired) electrons. The van der Waals surface area contributed by atoms with E-state index in [0.717, 1.165) is 5.82 Å². The molecule has 0 spiro atoms. The summed E-state index contributed by atoms with van der Waals surface area (Å²) in [5.74, 6) is 0.800. The van der Waals surface area contributed by atoms with Gasteiger partial charge in [-0.15, -0.1) is 0 Å². The van der Waals surface area contributed by atoms with Crippen molar-refractivity contribution in [3.63, 3.8) is 0 Å². The van der Waals surface area contributed by atoms with Crippen LogP contribution in [0.5, 0.6) is 0 Å². The van der Waals surface area contributed by atoms with Crippen LogP contribution >= 0.6 is 0 Å². The van der Waals surface area contributed by atoms with Gasteiger partial charge in [0.05, 0.1) is 19.3 Å². The second-order valence-corrected chi connectivity index (χ2v) is 3.45. The van der Waals surface area contributed by atoms with Crippen LogP contribution in [-0.4, -0.2) is 24.7 Å². The standard InChI is InChI=1S/C10H11N3O/c11-5-10(7-14-8-10)6-13-9-3-1-2-4-12-9/h1-4H,6-8H2,(H,12,13). The van der Waals surface area contributed by atoms with E-state index in [-0.39, 0.29) is 5.41 Å². The summed E-state index contributed by atoms with van der Waals surface area (Å²) in [5.41, 5.74) is -0.350. The summed E-state index contributed by atoms with van der Waals surface area (Å²) in [6.07, 6.45) is 1.72. The average molecular weight is 189 g/mol. The quantitative estimate of drug-likeness (QED) is 0.771. The number of hydrogen-bond donors (Lipinski definition) is 1. The maximum atomic E-state index is 8.92. The number of pyridine rings is 1. The highest BCUT2D eigenvalue weighted by atomic mass is 16.5. The lowest BCUT2D eigenvalue weighted by Crippen LogP contribution is -2.46. The number of hydrogen-bond acceptors (Lipinski definition) is 4. The minimum Gasteiger partial charge on any atom is -0.378 e. The molecule has 0 amide bonds. The molecular formula is C10H11N3O. The highest BCUT2D eigenvalue weighted by Gasteiger charge is 2.38. The Balaban J connectivity index is 1.92. The highest BCUT2D eigenvalue weighted by molar-refractivity contribution is 5.34. The molecular weight excluding hydrogens is 178 g/mol. The zero-order valence-electron chi connectivity index (χ0n) is 7.73. The van der Waals surface area contributed by atoms with Gasteiger partial charge in [-0.25, -0.2) is 4.98 Å². The topological polar surface area (TPSA) is 57.9 Å². The summed E-state index contributed by atoms with van der Waals surface area (Å²) in [7, 11) is 0. The molecule has 2 heterocycles. The van der Waals surface area contributed by atoms with Crippen molar-refractivity contribution < 1.29 is 4.74 Å². The predicted octanol–water partition coefficient (Wildman–Crippen LogP) is 1.03. The first kappa shape index (κ1) is 8.97. The van der Waals surface area contributed by atoms with Gasteiger partial charge in [-0.05, 0) is 12.1 Å². The molecule has 0 atom stereocenters. The molecule has 4 nitrogen and oxygen atoms in total. The molecule has 0 saturated carbocycles. The Labute approximate surface area is 82.5 Å². The van der Waals surface area contributed by atoms with E-state index >= 15 is 0 Å². The highest BCUT2D eigenvalue weighted by Crippen LogP contribution is 2.26. The molecule has 1 aromatic heterocycles. The number of nitriles is 1. The summed E-state index contributed by atoms with van der Waals surface area (Å²) in [6.45, 7) is 1.63. The molecule has 1 fully saturated rings. The number of nitrogens with zero attached hydrogens (tertiary/aromatic N) is 2. The van der Waals surface area contributed by atoms with Gasteiger partial charge in [0.2, 0.25) is 0 Å². The summed E-state index contributed by atoms with van der Waals surface area (Å²) in [6, 6.07) is 7.92. The first-order chi connectivity index (χ1) is 6.85. The summed E-state index contributed by atoms with van der Waals surface area (Å²) < 4.78 is 5.03. The van der Waals surface area contributed by atoms with E-state index in [0.29, 0.717) is 19.8 Å². The van der Waals surface area contributed by atoms with Gasteiger partial charge in [0.15, 0.2) is 0 Å². The Morgan fingerprint density at radius 1 is 1.57 bits per heavy atom. The van der Waals surface area contributed by atoms with Crippen molar-refractivity contribution in [2.75, 3.05) is 25.1 Å². The Morgan fingerprint density at radius 2 is 2.43 bits per heavy atom. The first-order valence-electron chi connectivity index (χ1n) is 4.49. The molecule has 1 aliphatic rings. The third-order valence-corrected chi connectivity index (χ3v) is 2.27. The Morgan fingerprint density at radius 3 is 2.93 bits per heavy atom. The van der Waals surface area contributed by atoms with E-state index in [4.69, 9.17) is 10.00 Å². The Hall–Kier alpha value is -1.60. The number of rotatable bonds is 3. The molecule has 0 aromatic carbocycles. The molecule has 1 aromatic rings. The van der Waals surface area contributed by atoms with E-state index in [9.17, 15) is 0 Å². The van der Waals surface area contributed by atoms with Crippen molar-refractivity contribution in [2.45, 2.75) is 0 Å². The van der Waals surface area contributed by atoms with Crippen LogP contribution in [0.25, 0.3) is 0 Å². The number of ether oxygens (including phenoxy) is 1. The van der Waals surface area contributed by atoms with Gasteiger partial charge < -0.3 is 10.1 Å². The summed E-state index contributed by atoms with van der Waals surface area (Å²) in [4.78, 5) is 4.11. The van der Waals surface area contributed by atoms with Crippen molar-refractivity contribution in [1.82, 2.24) is 4.98 Å². The van der Waals surface area contributed by atoms with Gasteiger partial charge in [-0.1, -0.05) is 6.07 Å². The third-order valence-electron chi connectivity index (χ3n) is 2.27. The lowest BCUT2D eigenvalue weighted by Gasteiger charge is -2.35. The van der Waals surface area contributed by atoms with Crippen LogP contribution in [0.4, 0.5) is 5.82 Å². The normalized spacial score (nSPS) is 17.9. The second-order valence-electron chi connectivity index (χ2n) is 3.45. The van der Waals surface area contributed by atoms with Gasteiger partial charge >= 0.3 is 0 Å². The van der Waals surface area contributed by atoms with Gasteiger partial charge in [0.1, 0.15) is 11.2 Å². The smallest absolute Gasteiger partial charge is 0.125 e. The Bertz CT molecular complexity index is 340. The molecule has 4 heteroatoms. The molecule has 1 saturated heterocycles. The lowest BCUT2D eigenvalue weighted by atomic mass is 9.88. The summed E-state index contributed by atoms with van der Waals surface area (Å²) >= 11 is 0. The molecule has 0 aliphatic carbocycles. The molecule has 2 rings (SSSR count). The van der Waals surface area contributed by atoms with Crippen molar-refractivity contribution >= 4 is 5.82 Å². The van der Waals surface area contributed by atoms with Crippen LogP contribution in [0.2, 0.25) is 0 Å². The average Bonchev–Trinajstić information content (AvgIpc) is 2.19. The molecule has 0 bridgehead atoms. The van der Waals surface area contributed by atoms with E-state index < -0.39 is 0 Å². The van der Waals surface area contributed by atoms with Gasteiger partial charge in [0.25, 0.3) is 0 Å². The maximum absolute atomic E-state index is 8.92. The van der Waals surface area contributed by atoms with Crippen LogP contribution in [0.3, 0.4) is 0 Å². The van der Waals surface area contributed by atoms with Gasteiger partial charge in [-0.3, -0.25) is 0 Å². The van der Waals surface area contributed by atoms with Gasteiger partial charge in [0, 0.05) is 12.7 Å². The third kappa shape index (κ3) is 1.68. The lowest BCUT2D eigenvalue weighted by molar-refractivity contribution is -0.0690. The van der Waals surface area contributed by atoms with Crippen LogP contribution in [0.1, 0.15) is 0 Å². The largest absolute Gasteiger partial charge is 0.378 e. The predicted molar refractivity (Wildman–Crippen MR) is 51.6 cm³/mol. The van der Waals surface area contributed by atoms with Gasteiger partial charge in [-0.2, -0.15) is 5.26 Å². The maximum Gasteiger partial charge on any atom is 0.125 e. The van der Waals surface area contributed by atoms with Crippen LogP contribution < -0.4 is 5.32 Å². The van der Waals surface area contributed by atoms with Crippen LogP contribution in [-0.2, 0) is 4.74 Å². The van der Waals surface area contributed by atoms with Crippen LogP contribution in [0, 0.1) is 16.7 Å². The fraction of sp³-hybridized carbons (Fsp3) is 0.400. The van der Waals surface area contributed by atoms with Crippen LogP contribution in [0.15, 0.2) is 24.4 Å².